The van der Waals surface area contributed by atoms with Crippen LogP contribution in [0.25, 0.3) is 10.1 Å². The normalized spacial score (nSPS) is 10.8. The molecule has 3 rings (SSSR count). The smallest absolute Gasteiger partial charge is 0.288 e. The molecule has 1 heterocycles. The molecule has 0 saturated carbocycles. The molecule has 0 bridgehead atoms. The highest BCUT2D eigenvalue weighted by Gasteiger charge is 2.19. The second-order valence-electron chi connectivity index (χ2n) is 5.20. The van der Waals surface area contributed by atoms with E-state index in [0.717, 1.165) is 16.9 Å². The maximum absolute atomic E-state index is 12.3. The highest BCUT2D eigenvalue weighted by atomic mass is 35.5. The fourth-order valence-corrected chi connectivity index (χ4v) is 3.57. The van der Waals surface area contributed by atoms with E-state index >= 15 is 0 Å². The molecule has 0 aliphatic rings. The molecular weight excluding hydrogens is 350 g/mol. The van der Waals surface area contributed by atoms with E-state index < -0.39 is 10.5 Å². The molecule has 8 heteroatoms. The Labute approximate surface area is 146 Å². The van der Waals surface area contributed by atoms with Gasteiger partial charge in [-0.1, -0.05) is 53.3 Å². The van der Waals surface area contributed by atoms with Crippen molar-refractivity contribution in [2.45, 2.75) is 6.54 Å². The van der Waals surface area contributed by atoms with Gasteiger partial charge < -0.3 is 4.90 Å². The maximum Gasteiger partial charge on any atom is 0.288 e. The van der Waals surface area contributed by atoms with E-state index in [1.165, 1.54) is 12.1 Å². The van der Waals surface area contributed by atoms with Crippen LogP contribution in [0.3, 0.4) is 0 Å². The molecule has 6 nitrogen and oxygen atoms in total. The molecule has 2 aromatic carbocycles. The number of halogens is 1. The highest BCUT2D eigenvalue weighted by molar-refractivity contribution is 7.22. The van der Waals surface area contributed by atoms with E-state index in [9.17, 15) is 14.9 Å². The molecule has 0 atom stereocenters. The van der Waals surface area contributed by atoms with Gasteiger partial charge in [0.2, 0.25) is 0 Å². The minimum Gasteiger partial charge on any atom is -0.347 e. The summed E-state index contributed by atoms with van der Waals surface area (Å²) < 4.78 is 0.277. The molecule has 0 N–H and O–H groups in total. The van der Waals surface area contributed by atoms with Gasteiger partial charge in [0.05, 0.1) is 10.3 Å². The molecule has 0 aliphatic carbocycles. The van der Waals surface area contributed by atoms with Crippen molar-refractivity contribution in [3.63, 3.8) is 0 Å². The van der Waals surface area contributed by atoms with Gasteiger partial charge in [0.15, 0.2) is 5.13 Å². The van der Waals surface area contributed by atoms with Crippen LogP contribution in [-0.2, 0) is 6.54 Å². The van der Waals surface area contributed by atoms with Crippen molar-refractivity contribution < 1.29 is 4.92 Å². The number of nitro benzene ring substituents is 1. The number of benzene rings is 2. The summed E-state index contributed by atoms with van der Waals surface area (Å²) in [7, 11) is 1.79. The molecular formula is C16H12ClN3O3S. The number of nitro groups is 1. The van der Waals surface area contributed by atoms with Crippen LogP contribution in [0.5, 0.6) is 0 Å². The summed E-state index contributed by atoms with van der Waals surface area (Å²) in [6.45, 7) is 0.538. The number of hydrogen-bond acceptors (Lipinski definition) is 6. The van der Waals surface area contributed by atoms with Crippen molar-refractivity contribution >= 4 is 43.8 Å². The van der Waals surface area contributed by atoms with E-state index in [1.54, 1.807) is 11.9 Å². The monoisotopic (exact) mass is 361 g/mol. The van der Waals surface area contributed by atoms with E-state index in [1.807, 2.05) is 30.3 Å². The van der Waals surface area contributed by atoms with Crippen LogP contribution in [0.2, 0.25) is 5.02 Å². The SMILES string of the molecule is CN(Cc1ccccc1)c1nc(=O)c2cc(Cl)cc([N+](=O)[O-])c2s1. The summed E-state index contributed by atoms with van der Waals surface area (Å²) in [6, 6.07) is 12.4. The first-order valence-electron chi connectivity index (χ1n) is 6.99. The van der Waals surface area contributed by atoms with Crippen molar-refractivity contribution in [3.05, 3.63) is 73.5 Å². The number of aromatic nitrogens is 1. The van der Waals surface area contributed by atoms with Crippen LogP contribution in [0, 0.1) is 10.1 Å². The molecule has 1 aromatic heterocycles. The predicted octanol–water partition coefficient (Wildman–Crippen LogP) is 3.85. The molecule has 0 amide bonds. The van der Waals surface area contributed by atoms with Crippen molar-refractivity contribution in [2.24, 2.45) is 0 Å². The summed E-state index contributed by atoms with van der Waals surface area (Å²) in [5.74, 6) is 0. The molecule has 0 unspecified atom stereocenters. The number of fused-ring (bicyclic) bond motifs is 1. The third kappa shape index (κ3) is 3.22. The Morgan fingerprint density at radius 1 is 1.29 bits per heavy atom. The lowest BCUT2D eigenvalue weighted by molar-refractivity contribution is -0.382. The standard InChI is InChI=1S/C16H12ClN3O3S/c1-19(9-10-5-3-2-4-6-10)16-18-15(21)12-7-11(17)8-13(20(22)23)14(12)24-16/h2-8H,9H2,1H3. The Morgan fingerprint density at radius 3 is 2.67 bits per heavy atom. The number of rotatable bonds is 4. The largest absolute Gasteiger partial charge is 0.347 e. The van der Waals surface area contributed by atoms with Gasteiger partial charge in [-0.25, -0.2) is 0 Å². The highest BCUT2D eigenvalue weighted by Crippen LogP contribution is 2.34. The first-order valence-corrected chi connectivity index (χ1v) is 8.19. The van der Waals surface area contributed by atoms with Crippen LogP contribution >= 0.6 is 22.9 Å². The van der Waals surface area contributed by atoms with Gasteiger partial charge in [-0.2, -0.15) is 4.98 Å². The van der Waals surface area contributed by atoms with Crippen LogP contribution < -0.4 is 10.5 Å². The van der Waals surface area contributed by atoms with Crippen LogP contribution in [-0.4, -0.2) is 17.0 Å². The van der Waals surface area contributed by atoms with Gasteiger partial charge in [0.25, 0.3) is 11.2 Å². The van der Waals surface area contributed by atoms with Crippen LogP contribution in [0.4, 0.5) is 10.8 Å². The topological polar surface area (TPSA) is 76.3 Å². The summed E-state index contributed by atoms with van der Waals surface area (Å²) >= 11 is 6.98. The summed E-state index contributed by atoms with van der Waals surface area (Å²) in [4.78, 5) is 28.8. The number of nitrogens with zero attached hydrogens (tertiary/aromatic N) is 3. The minimum absolute atomic E-state index is 0.144. The fraction of sp³-hybridized carbons (Fsp3) is 0.125. The zero-order valence-corrected chi connectivity index (χ0v) is 14.2. The van der Waals surface area contributed by atoms with E-state index in [-0.39, 0.29) is 20.8 Å². The number of non-ortho nitro benzene ring substituents is 1. The Hall–Kier alpha value is -2.51. The summed E-state index contributed by atoms with van der Waals surface area (Å²) in [5.41, 5.74) is 0.341. The number of anilines is 1. The molecule has 0 saturated heterocycles. The Bertz CT molecular complexity index is 975. The molecule has 0 fully saturated rings. The quantitative estimate of drug-likeness (QED) is 0.521. The second kappa shape index (κ2) is 6.54. The molecule has 122 valence electrons. The molecule has 0 aliphatic heterocycles. The second-order valence-corrected chi connectivity index (χ2v) is 6.62. The molecule has 3 aromatic rings. The number of hydrogen-bond donors (Lipinski definition) is 0. The minimum atomic E-state index is -0.537. The Morgan fingerprint density at radius 2 is 2.00 bits per heavy atom. The first-order chi connectivity index (χ1) is 11.5. The molecule has 24 heavy (non-hydrogen) atoms. The van der Waals surface area contributed by atoms with Crippen molar-refractivity contribution in [1.29, 1.82) is 0 Å². The molecule has 0 radical (unpaired) electrons. The van der Waals surface area contributed by atoms with Crippen LogP contribution in [0.15, 0.2) is 47.3 Å². The lowest BCUT2D eigenvalue weighted by Gasteiger charge is -2.17. The third-order valence-corrected chi connectivity index (χ3v) is 4.88. The van der Waals surface area contributed by atoms with E-state index in [2.05, 4.69) is 4.98 Å². The lowest BCUT2D eigenvalue weighted by atomic mass is 10.2. The zero-order valence-electron chi connectivity index (χ0n) is 12.6. The van der Waals surface area contributed by atoms with Crippen molar-refractivity contribution in [1.82, 2.24) is 4.98 Å². The zero-order chi connectivity index (χ0) is 17.3. The fourth-order valence-electron chi connectivity index (χ4n) is 2.33. The van der Waals surface area contributed by atoms with E-state index in [0.29, 0.717) is 11.7 Å². The van der Waals surface area contributed by atoms with Crippen molar-refractivity contribution in [3.8, 4) is 0 Å². The Kier molecular flexibility index (Phi) is 4.46. The molecule has 0 spiro atoms. The van der Waals surface area contributed by atoms with Crippen molar-refractivity contribution in [2.75, 3.05) is 11.9 Å². The third-order valence-electron chi connectivity index (χ3n) is 3.44. The van der Waals surface area contributed by atoms with Gasteiger partial charge in [0, 0.05) is 24.7 Å². The van der Waals surface area contributed by atoms with Crippen LogP contribution in [0.1, 0.15) is 5.56 Å². The van der Waals surface area contributed by atoms with Gasteiger partial charge in [-0.3, -0.25) is 14.9 Å². The summed E-state index contributed by atoms with van der Waals surface area (Å²) in [6.07, 6.45) is 0. The van der Waals surface area contributed by atoms with Gasteiger partial charge >= 0.3 is 0 Å². The lowest BCUT2D eigenvalue weighted by Crippen LogP contribution is -2.20. The average Bonchev–Trinajstić information content (AvgIpc) is 2.55. The van der Waals surface area contributed by atoms with E-state index in [4.69, 9.17) is 11.6 Å². The van der Waals surface area contributed by atoms with Gasteiger partial charge in [-0.15, -0.1) is 0 Å². The maximum atomic E-state index is 12.3. The van der Waals surface area contributed by atoms with Gasteiger partial charge in [-0.05, 0) is 11.6 Å². The average molecular weight is 362 g/mol. The van der Waals surface area contributed by atoms with Gasteiger partial charge in [0.1, 0.15) is 4.70 Å². The summed E-state index contributed by atoms with van der Waals surface area (Å²) in [5, 5.41) is 12.0. The predicted molar refractivity (Wildman–Crippen MR) is 96.1 cm³/mol. The first kappa shape index (κ1) is 16.4. The Balaban J connectivity index is 2.10.